The first kappa shape index (κ1) is 16.7. The first-order chi connectivity index (χ1) is 9.38. The maximum absolute atomic E-state index is 12.0. The summed E-state index contributed by atoms with van der Waals surface area (Å²) in [5.41, 5.74) is 0.341. The van der Waals surface area contributed by atoms with E-state index in [9.17, 15) is 13.2 Å². The Morgan fingerprint density at radius 1 is 1.30 bits per heavy atom. The van der Waals surface area contributed by atoms with Gasteiger partial charge in [0.15, 0.2) is 9.84 Å². The molecule has 7 heteroatoms. The predicted molar refractivity (Wildman–Crippen MR) is 75.9 cm³/mol. The van der Waals surface area contributed by atoms with Crippen LogP contribution in [0.3, 0.4) is 0 Å². The molecular formula is C13H22N2O4S. The summed E-state index contributed by atoms with van der Waals surface area (Å²) in [6.45, 7) is 6.79. The standard InChI is InChI=1S/C13H22N2O4S/c1-4-6-15(7-5-2)13(16)10-20(17,18)9-12-8-11(3)19-14-12/h8H,4-7,9-10H2,1-3H3. The van der Waals surface area contributed by atoms with E-state index in [1.54, 1.807) is 17.9 Å². The molecule has 1 heterocycles. The number of nitrogens with zero attached hydrogens (tertiary/aromatic N) is 2. The number of hydrogen-bond donors (Lipinski definition) is 0. The minimum absolute atomic E-state index is 0.262. The third kappa shape index (κ3) is 5.32. The summed E-state index contributed by atoms with van der Waals surface area (Å²) >= 11 is 0. The highest BCUT2D eigenvalue weighted by Gasteiger charge is 2.22. The van der Waals surface area contributed by atoms with E-state index in [-0.39, 0.29) is 11.7 Å². The molecule has 0 aliphatic heterocycles. The molecule has 1 aromatic rings. The number of aryl methyl sites for hydroxylation is 1. The highest BCUT2D eigenvalue weighted by Crippen LogP contribution is 2.08. The van der Waals surface area contributed by atoms with Crippen LogP contribution in [-0.2, 0) is 20.4 Å². The van der Waals surface area contributed by atoms with Gasteiger partial charge in [0.1, 0.15) is 11.5 Å². The van der Waals surface area contributed by atoms with Crippen molar-refractivity contribution in [1.82, 2.24) is 10.1 Å². The number of hydrogen-bond acceptors (Lipinski definition) is 5. The van der Waals surface area contributed by atoms with E-state index in [1.807, 2.05) is 13.8 Å². The Kier molecular flexibility index (Phi) is 6.19. The van der Waals surface area contributed by atoms with Crippen LogP contribution in [0.5, 0.6) is 0 Å². The van der Waals surface area contributed by atoms with Crippen LogP contribution in [0.15, 0.2) is 10.6 Å². The van der Waals surface area contributed by atoms with Crippen molar-refractivity contribution in [2.24, 2.45) is 0 Å². The van der Waals surface area contributed by atoms with Gasteiger partial charge in [-0.15, -0.1) is 0 Å². The summed E-state index contributed by atoms with van der Waals surface area (Å²) in [4.78, 5) is 13.6. The highest BCUT2D eigenvalue weighted by atomic mass is 32.2. The number of aromatic nitrogens is 1. The van der Waals surface area contributed by atoms with Crippen LogP contribution in [0.1, 0.15) is 38.1 Å². The minimum Gasteiger partial charge on any atom is -0.361 e. The molecule has 1 amide bonds. The van der Waals surface area contributed by atoms with Crippen molar-refractivity contribution in [3.63, 3.8) is 0 Å². The van der Waals surface area contributed by atoms with E-state index < -0.39 is 15.6 Å². The zero-order valence-corrected chi connectivity index (χ0v) is 13.1. The fraction of sp³-hybridized carbons (Fsp3) is 0.692. The lowest BCUT2D eigenvalue weighted by Crippen LogP contribution is -2.37. The summed E-state index contributed by atoms with van der Waals surface area (Å²) < 4.78 is 28.8. The molecule has 0 saturated heterocycles. The molecule has 6 nitrogen and oxygen atoms in total. The van der Waals surface area contributed by atoms with Crippen LogP contribution in [0, 0.1) is 6.92 Å². The van der Waals surface area contributed by atoms with Gasteiger partial charge in [-0.2, -0.15) is 0 Å². The Hall–Kier alpha value is -1.37. The van der Waals surface area contributed by atoms with Gasteiger partial charge >= 0.3 is 0 Å². The van der Waals surface area contributed by atoms with Crippen molar-refractivity contribution in [3.05, 3.63) is 17.5 Å². The Balaban J connectivity index is 2.66. The minimum atomic E-state index is -3.52. The van der Waals surface area contributed by atoms with E-state index >= 15 is 0 Å². The van der Waals surface area contributed by atoms with Gasteiger partial charge in [-0.3, -0.25) is 4.79 Å². The molecule has 0 saturated carbocycles. The molecule has 1 aromatic heterocycles. The van der Waals surface area contributed by atoms with Crippen molar-refractivity contribution < 1.29 is 17.7 Å². The number of carbonyl (C=O) groups excluding carboxylic acids is 1. The third-order valence-electron chi connectivity index (χ3n) is 2.73. The smallest absolute Gasteiger partial charge is 0.237 e. The first-order valence-corrected chi connectivity index (χ1v) is 8.60. The Bertz CT molecular complexity index is 530. The Labute approximate surface area is 120 Å². The quantitative estimate of drug-likeness (QED) is 0.727. The summed E-state index contributed by atoms with van der Waals surface area (Å²) in [5, 5.41) is 3.65. The predicted octanol–water partition coefficient (Wildman–Crippen LogP) is 1.55. The molecule has 0 unspecified atom stereocenters. The van der Waals surface area contributed by atoms with Gasteiger partial charge in [0.05, 0.1) is 11.4 Å². The van der Waals surface area contributed by atoms with Crippen LogP contribution in [0.4, 0.5) is 0 Å². The fourth-order valence-electron chi connectivity index (χ4n) is 1.94. The van der Waals surface area contributed by atoms with Crippen LogP contribution < -0.4 is 0 Å². The number of rotatable bonds is 8. The monoisotopic (exact) mass is 302 g/mol. The molecule has 0 spiro atoms. The fourth-order valence-corrected chi connectivity index (χ4v) is 3.19. The van der Waals surface area contributed by atoms with Gasteiger partial charge in [0.25, 0.3) is 0 Å². The molecule has 0 aromatic carbocycles. The van der Waals surface area contributed by atoms with E-state index in [4.69, 9.17) is 4.52 Å². The number of amides is 1. The second-order valence-electron chi connectivity index (χ2n) is 4.84. The van der Waals surface area contributed by atoms with Gasteiger partial charge in [0, 0.05) is 19.2 Å². The second-order valence-corrected chi connectivity index (χ2v) is 6.91. The summed E-state index contributed by atoms with van der Waals surface area (Å²) in [6, 6.07) is 1.57. The molecule has 0 fully saturated rings. The van der Waals surface area contributed by atoms with Crippen molar-refractivity contribution >= 4 is 15.7 Å². The van der Waals surface area contributed by atoms with Crippen LogP contribution in [-0.4, -0.2) is 43.2 Å². The summed E-state index contributed by atoms with van der Waals surface area (Å²) in [6.07, 6.45) is 1.63. The van der Waals surface area contributed by atoms with Crippen LogP contribution in [0.2, 0.25) is 0 Å². The third-order valence-corrected chi connectivity index (χ3v) is 4.15. The second kappa shape index (κ2) is 7.42. The molecule has 0 bridgehead atoms. The number of sulfone groups is 1. The van der Waals surface area contributed by atoms with Crippen molar-refractivity contribution in [2.45, 2.75) is 39.4 Å². The summed E-state index contributed by atoms with van der Waals surface area (Å²) in [5.74, 6) is -0.518. The van der Waals surface area contributed by atoms with Gasteiger partial charge in [-0.1, -0.05) is 19.0 Å². The normalized spacial score (nSPS) is 11.6. The molecule has 0 radical (unpaired) electrons. The maximum atomic E-state index is 12.0. The van der Waals surface area contributed by atoms with Gasteiger partial charge in [-0.05, 0) is 19.8 Å². The van der Waals surface area contributed by atoms with Gasteiger partial charge < -0.3 is 9.42 Å². The SMILES string of the molecule is CCCN(CCC)C(=O)CS(=O)(=O)Cc1cc(C)on1. The molecule has 114 valence electrons. The zero-order valence-electron chi connectivity index (χ0n) is 12.3. The first-order valence-electron chi connectivity index (χ1n) is 6.78. The number of carbonyl (C=O) groups is 1. The van der Waals surface area contributed by atoms with Crippen LogP contribution in [0.25, 0.3) is 0 Å². The average molecular weight is 302 g/mol. The van der Waals surface area contributed by atoms with E-state index in [0.717, 1.165) is 12.8 Å². The lowest BCUT2D eigenvalue weighted by Gasteiger charge is -2.21. The molecule has 0 aliphatic rings. The highest BCUT2D eigenvalue weighted by molar-refractivity contribution is 7.91. The van der Waals surface area contributed by atoms with Gasteiger partial charge in [0.2, 0.25) is 5.91 Å². The van der Waals surface area contributed by atoms with Crippen molar-refractivity contribution in [3.8, 4) is 0 Å². The molecule has 0 atom stereocenters. The lowest BCUT2D eigenvalue weighted by molar-refractivity contribution is -0.128. The summed E-state index contributed by atoms with van der Waals surface area (Å²) in [7, 11) is -3.52. The van der Waals surface area contributed by atoms with E-state index in [0.29, 0.717) is 24.5 Å². The maximum Gasteiger partial charge on any atom is 0.237 e. The molecule has 0 aliphatic carbocycles. The zero-order chi connectivity index (χ0) is 15.2. The van der Waals surface area contributed by atoms with E-state index in [1.165, 1.54) is 0 Å². The Morgan fingerprint density at radius 2 is 1.90 bits per heavy atom. The van der Waals surface area contributed by atoms with E-state index in [2.05, 4.69) is 5.16 Å². The average Bonchev–Trinajstić information content (AvgIpc) is 2.72. The molecule has 20 heavy (non-hydrogen) atoms. The van der Waals surface area contributed by atoms with Crippen LogP contribution >= 0.6 is 0 Å². The lowest BCUT2D eigenvalue weighted by atomic mass is 10.3. The van der Waals surface area contributed by atoms with Crippen molar-refractivity contribution in [1.29, 1.82) is 0 Å². The molecule has 1 rings (SSSR count). The Morgan fingerprint density at radius 3 is 2.35 bits per heavy atom. The molecule has 0 N–H and O–H groups in total. The largest absolute Gasteiger partial charge is 0.361 e. The van der Waals surface area contributed by atoms with Crippen molar-refractivity contribution in [2.75, 3.05) is 18.8 Å². The van der Waals surface area contributed by atoms with Gasteiger partial charge in [-0.25, -0.2) is 8.42 Å². The molecular weight excluding hydrogens is 280 g/mol. The topological polar surface area (TPSA) is 80.5 Å².